The van der Waals surface area contributed by atoms with Crippen molar-refractivity contribution in [1.82, 2.24) is 10.2 Å². The maximum atomic E-state index is 3.68. The molecule has 88 valence electrons. The summed E-state index contributed by atoms with van der Waals surface area (Å²) in [6, 6.07) is 2.36. The van der Waals surface area contributed by atoms with Crippen LogP contribution >= 0.6 is 0 Å². The van der Waals surface area contributed by atoms with Gasteiger partial charge in [0.05, 0.1) is 0 Å². The molecule has 2 nitrogen and oxygen atoms in total. The van der Waals surface area contributed by atoms with Crippen LogP contribution in [0.2, 0.25) is 0 Å². The first-order chi connectivity index (χ1) is 7.20. The fraction of sp³-hybridized carbons (Fsp3) is 1.00. The van der Waals surface area contributed by atoms with Crippen molar-refractivity contribution >= 4 is 0 Å². The van der Waals surface area contributed by atoms with Gasteiger partial charge in [-0.05, 0) is 51.6 Å². The average Bonchev–Trinajstić information content (AvgIpc) is 2.86. The Balaban J connectivity index is 1.97. The molecule has 3 atom stereocenters. The lowest BCUT2D eigenvalue weighted by Crippen LogP contribution is -2.48. The van der Waals surface area contributed by atoms with Crippen LogP contribution < -0.4 is 5.32 Å². The first-order valence-corrected chi connectivity index (χ1v) is 6.69. The second kappa shape index (κ2) is 4.84. The molecule has 2 fully saturated rings. The van der Waals surface area contributed by atoms with E-state index >= 15 is 0 Å². The zero-order valence-corrected chi connectivity index (χ0v) is 10.5. The summed E-state index contributed by atoms with van der Waals surface area (Å²) in [6.45, 7) is 9.66. The molecule has 0 spiro atoms. The molecule has 2 rings (SSSR count). The van der Waals surface area contributed by atoms with E-state index in [0.717, 1.165) is 24.0 Å². The molecule has 0 amide bonds. The van der Waals surface area contributed by atoms with Crippen LogP contribution in [-0.4, -0.2) is 36.1 Å². The Kier molecular flexibility index (Phi) is 3.68. The zero-order valence-electron chi connectivity index (χ0n) is 10.5. The fourth-order valence-corrected chi connectivity index (χ4v) is 3.18. The second-order valence-electron chi connectivity index (χ2n) is 5.63. The summed E-state index contributed by atoms with van der Waals surface area (Å²) in [6.07, 6.45) is 5.59. The third-order valence-corrected chi connectivity index (χ3v) is 4.39. The largest absolute Gasteiger partial charge is 0.312 e. The molecule has 3 unspecified atom stereocenters. The zero-order chi connectivity index (χ0) is 10.8. The van der Waals surface area contributed by atoms with Crippen LogP contribution in [0, 0.1) is 5.92 Å². The molecule has 0 saturated carbocycles. The fourth-order valence-electron chi connectivity index (χ4n) is 3.18. The van der Waals surface area contributed by atoms with Gasteiger partial charge < -0.3 is 5.32 Å². The van der Waals surface area contributed by atoms with E-state index in [4.69, 9.17) is 0 Å². The summed E-state index contributed by atoms with van der Waals surface area (Å²) >= 11 is 0. The topological polar surface area (TPSA) is 15.3 Å². The lowest BCUT2D eigenvalue weighted by molar-refractivity contribution is 0.131. The van der Waals surface area contributed by atoms with E-state index in [1.807, 2.05) is 0 Å². The van der Waals surface area contributed by atoms with E-state index in [-0.39, 0.29) is 0 Å². The number of hydrogen-bond acceptors (Lipinski definition) is 2. The van der Waals surface area contributed by atoms with Crippen LogP contribution in [0.3, 0.4) is 0 Å². The first kappa shape index (κ1) is 11.4. The van der Waals surface area contributed by atoms with Gasteiger partial charge in [-0.2, -0.15) is 0 Å². The summed E-state index contributed by atoms with van der Waals surface area (Å²) in [5, 5.41) is 3.68. The van der Waals surface area contributed by atoms with Crippen LogP contribution in [-0.2, 0) is 0 Å². The molecule has 0 radical (unpaired) electrons. The Bertz CT molecular complexity index is 189. The summed E-state index contributed by atoms with van der Waals surface area (Å²) in [4.78, 5) is 2.76. The van der Waals surface area contributed by atoms with Gasteiger partial charge >= 0.3 is 0 Å². The van der Waals surface area contributed by atoms with Crippen LogP contribution in [0.25, 0.3) is 0 Å². The van der Waals surface area contributed by atoms with Crippen molar-refractivity contribution in [3.8, 4) is 0 Å². The minimum atomic E-state index is 0.750. The molecule has 0 bridgehead atoms. The van der Waals surface area contributed by atoms with Gasteiger partial charge in [0, 0.05) is 18.1 Å². The van der Waals surface area contributed by atoms with Crippen molar-refractivity contribution in [3.63, 3.8) is 0 Å². The Hall–Kier alpha value is -0.0800. The van der Waals surface area contributed by atoms with Gasteiger partial charge in [-0.25, -0.2) is 0 Å². The van der Waals surface area contributed by atoms with Gasteiger partial charge in [0.2, 0.25) is 0 Å². The molecule has 2 heterocycles. The highest BCUT2D eigenvalue weighted by atomic mass is 15.2. The maximum absolute atomic E-state index is 3.68. The average molecular weight is 210 g/mol. The number of rotatable bonds is 3. The molecular formula is C13H26N2. The van der Waals surface area contributed by atoms with E-state index < -0.39 is 0 Å². The van der Waals surface area contributed by atoms with E-state index in [0.29, 0.717) is 0 Å². The summed E-state index contributed by atoms with van der Waals surface area (Å²) in [5.41, 5.74) is 0. The highest BCUT2D eigenvalue weighted by Crippen LogP contribution is 2.28. The minimum Gasteiger partial charge on any atom is -0.312 e. The van der Waals surface area contributed by atoms with Crippen molar-refractivity contribution in [2.45, 2.75) is 64.6 Å². The molecule has 0 aromatic carbocycles. The Morgan fingerprint density at radius 3 is 2.53 bits per heavy atom. The van der Waals surface area contributed by atoms with E-state index in [2.05, 4.69) is 31.0 Å². The van der Waals surface area contributed by atoms with Crippen molar-refractivity contribution in [3.05, 3.63) is 0 Å². The Morgan fingerprint density at radius 2 is 1.93 bits per heavy atom. The van der Waals surface area contributed by atoms with Crippen molar-refractivity contribution in [1.29, 1.82) is 0 Å². The maximum Gasteiger partial charge on any atom is 0.0252 e. The van der Waals surface area contributed by atoms with Gasteiger partial charge in [-0.15, -0.1) is 0 Å². The molecule has 15 heavy (non-hydrogen) atoms. The summed E-state index contributed by atoms with van der Waals surface area (Å²) in [7, 11) is 0. The molecule has 1 N–H and O–H groups in total. The predicted octanol–water partition coefficient (Wildman–Crippen LogP) is 2.25. The number of nitrogens with zero attached hydrogens (tertiary/aromatic N) is 1. The first-order valence-electron chi connectivity index (χ1n) is 6.69. The Morgan fingerprint density at radius 1 is 1.13 bits per heavy atom. The number of likely N-dealkylation sites (tertiary alicyclic amines) is 1. The van der Waals surface area contributed by atoms with E-state index in [1.54, 1.807) is 0 Å². The molecule has 0 aliphatic carbocycles. The number of nitrogens with one attached hydrogen (secondary N) is 1. The molecule has 0 aromatic rings. The van der Waals surface area contributed by atoms with E-state index in [1.165, 1.54) is 38.8 Å². The summed E-state index contributed by atoms with van der Waals surface area (Å²) < 4.78 is 0. The molecular weight excluding hydrogens is 184 g/mol. The third-order valence-electron chi connectivity index (χ3n) is 4.39. The van der Waals surface area contributed by atoms with Crippen LogP contribution in [0.4, 0.5) is 0 Å². The van der Waals surface area contributed by atoms with Crippen molar-refractivity contribution in [2.24, 2.45) is 5.92 Å². The minimum absolute atomic E-state index is 0.750. The van der Waals surface area contributed by atoms with Gasteiger partial charge in [-0.1, -0.05) is 13.8 Å². The smallest absolute Gasteiger partial charge is 0.0252 e. The standard InChI is InChI=1S/C13H26N2/c1-10(2)11(3)15-9-5-7-13(15)12-6-4-8-14-12/h10-14H,4-9H2,1-3H3. The lowest BCUT2D eigenvalue weighted by Gasteiger charge is -2.36. The van der Waals surface area contributed by atoms with Crippen LogP contribution in [0.1, 0.15) is 46.5 Å². The second-order valence-corrected chi connectivity index (χ2v) is 5.63. The molecule has 2 saturated heterocycles. The molecule has 2 heteroatoms. The molecule has 0 aromatic heterocycles. The van der Waals surface area contributed by atoms with Crippen molar-refractivity contribution in [2.75, 3.05) is 13.1 Å². The molecule has 2 aliphatic heterocycles. The highest BCUT2D eigenvalue weighted by Gasteiger charge is 2.35. The normalized spacial score (nSPS) is 35.2. The SMILES string of the molecule is CC(C)C(C)N1CCCC1C1CCCN1. The Labute approximate surface area is 94.4 Å². The van der Waals surface area contributed by atoms with Gasteiger partial charge in [-0.3, -0.25) is 4.90 Å². The van der Waals surface area contributed by atoms with Gasteiger partial charge in [0.15, 0.2) is 0 Å². The van der Waals surface area contributed by atoms with Gasteiger partial charge in [0.25, 0.3) is 0 Å². The third kappa shape index (κ3) is 2.36. The van der Waals surface area contributed by atoms with Crippen LogP contribution in [0.5, 0.6) is 0 Å². The quantitative estimate of drug-likeness (QED) is 0.768. The monoisotopic (exact) mass is 210 g/mol. The van der Waals surface area contributed by atoms with E-state index in [9.17, 15) is 0 Å². The number of hydrogen-bond donors (Lipinski definition) is 1. The highest BCUT2D eigenvalue weighted by molar-refractivity contribution is 4.94. The lowest BCUT2D eigenvalue weighted by atomic mass is 9.99. The van der Waals surface area contributed by atoms with Crippen molar-refractivity contribution < 1.29 is 0 Å². The summed E-state index contributed by atoms with van der Waals surface area (Å²) in [5.74, 6) is 0.784. The molecule has 2 aliphatic rings. The predicted molar refractivity (Wildman–Crippen MR) is 65.1 cm³/mol. The van der Waals surface area contributed by atoms with Crippen LogP contribution in [0.15, 0.2) is 0 Å². The van der Waals surface area contributed by atoms with Gasteiger partial charge in [0.1, 0.15) is 0 Å².